The van der Waals surface area contributed by atoms with E-state index >= 15 is 0 Å². The molecule has 0 radical (unpaired) electrons. The van der Waals surface area contributed by atoms with E-state index in [0.717, 1.165) is 12.8 Å². The highest BCUT2D eigenvalue weighted by Gasteiger charge is 2.37. The van der Waals surface area contributed by atoms with Crippen molar-refractivity contribution in [2.75, 3.05) is 24.6 Å². The number of hydrogen-bond acceptors (Lipinski definition) is 5. The van der Waals surface area contributed by atoms with Crippen LogP contribution in [0.3, 0.4) is 0 Å². The second-order valence-corrected chi connectivity index (χ2v) is 9.60. The molecule has 2 rings (SSSR count). The van der Waals surface area contributed by atoms with Gasteiger partial charge in [0.2, 0.25) is 5.91 Å². The van der Waals surface area contributed by atoms with Gasteiger partial charge in [-0.05, 0) is 40.0 Å². The highest BCUT2D eigenvalue weighted by molar-refractivity contribution is 7.91. The van der Waals surface area contributed by atoms with Crippen LogP contribution in [0.5, 0.6) is 0 Å². The molecule has 0 aromatic heterocycles. The first-order valence-corrected chi connectivity index (χ1v) is 9.86. The predicted octanol–water partition coefficient (Wildman–Crippen LogP) is 0.937. The lowest BCUT2D eigenvalue weighted by atomic mass is 10.0. The minimum Gasteiger partial charge on any atom is -0.444 e. The summed E-state index contributed by atoms with van der Waals surface area (Å²) in [7, 11) is -3.07. The van der Waals surface area contributed by atoms with Crippen molar-refractivity contribution in [1.82, 2.24) is 10.2 Å². The van der Waals surface area contributed by atoms with E-state index in [0.29, 0.717) is 19.5 Å². The Balaban J connectivity index is 1.88. The Bertz CT molecular complexity index is 567. The van der Waals surface area contributed by atoms with Crippen molar-refractivity contribution in [2.45, 2.75) is 51.7 Å². The highest BCUT2D eigenvalue weighted by Crippen LogP contribution is 2.23. The Morgan fingerprint density at radius 3 is 2.48 bits per heavy atom. The molecule has 7 nitrogen and oxygen atoms in total. The Morgan fingerprint density at radius 2 is 1.91 bits per heavy atom. The molecular weight excluding hydrogens is 320 g/mol. The van der Waals surface area contributed by atoms with Crippen molar-refractivity contribution in [2.24, 2.45) is 5.92 Å². The average Bonchev–Trinajstić information content (AvgIpc) is 2.76. The number of carbonyl (C=O) groups excluding carboxylic acids is 2. The third-order valence-corrected chi connectivity index (χ3v) is 5.80. The Labute approximate surface area is 137 Å². The van der Waals surface area contributed by atoms with Crippen LogP contribution >= 0.6 is 0 Å². The molecule has 0 aromatic rings. The smallest absolute Gasteiger partial charge is 0.407 e. The molecule has 2 aliphatic rings. The first-order chi connectivity index (χ1) is 10.6. The number of sulfone groups is 1. The quantitative estimate of drug-likeness (QED) is 0.803. The van der Waals surface area contributed by atoms with E-state index in [-0.39, 0.29) is 23.5 Å². The Morgan fingerprint density at radius 1 is 1.22 bits per heavy atom. The molecule has 2 fully saturated rings. The van der Waals surface area contributed by atoms with Crippen molar-refractivity contribution in [3.8, 4) is 0 Å². The summed E-state index contributed by atoms with van der Waals surface area (Å²) in [6, 6.07) is -0.152. The van der Waals surface area contributed by atoms with Crippen molar-refractivity contribution < 1.29 is 22.7 Å². The molecule has 0 unspecified atom stereocenters. The Kier molecular flexibility index (Phi) is 5.23. The number of alkyl carbamates (subject to hydrolysis) is 1. The zero-order valence-corrected chi connectivity index (χ0v) is 14.8. The second-order valence-electron chi connectivity index (χ2n) is 7.37. The third-order valence-electron chi connectivity index (χ3n) is 4.04. The molecule has 2 amide bonds. The average molecular weight is 346 g/mol. The second kappa shape index (κ2) is 6.67. The molecule has 8 heteroatoms. The van der Waals surface area contributed by atoms with E-state index in [9.17, 15) is 18.0 Å². The lowest BCUT2D eigenvalue weighted by Gasteiger charge is -2.34. The molecule has 2 atom stereocenters. The zero-order valence-electron chi connectivity index (χ0n) is 14.0. The van der Waals surface area contributed by atoms with Crippen LogP contribution in [0, 0.1) is 5.92 Å². The van der Waals surface area contributed by atoms with Gasteiger partial charge in [-0.25, -0.2) is 13.2 Å². The number of hydrogen-bond donors (Lipinski definition) is 1. The fourth-order valence-electron chi connectivity index (χ4n) is 3.02. The summed E-state index contributed by atoms with van der Waals surface area (Å²) >= 11 is 0. The molecule has 0 bridgehead atoms. The maximum atomic E-state index is 12.5. The lowest BCUT2D eigenvalue weighted by Crippen LogP contribution is -2.51. The molecule has 2 saturated heterocycles. The topological polar surface area (TPSA) is 92.8 Å². The maximum Gasteiger partial charge on any atom is 0.407 e. The summed E-state index contributed by atoms with van der Waals surface area (Å²) < 4.78 is 28.3. The van der Waals surface area contributed by atoms with Crippen LogP contribution in [-0.2, 0) is 19.4 Å². The number of nitrogens with zero attached hydrogens (tertiary/aromatic N) is 1. The molecule has 2 aliphatic heterocycles. The number of piperidine rings is 1. The number of rotatable bonds is 2. The number of amides is 2. The van der Waals surface area contributed by atoms with Crippen LogP contribution in [0.4, 0.5) is 4.79 Å². The van der Waals surface area contributed by atoms with Gasteiger partial charge in [0.15, 0.2) is 9.84 Å². The molecule has 0 aromatic carbocycles. The van der Waals surface area contributed by atoms with Gasteiger partial charge in [0, 0.05) is 19.1 Å². The lowest BCUT2D eigenvalue weighted by molar-refractivity contribution is -0.136. The summed E-state index contributed by atoms with van der Waals surface area (Å²) in [5, 5.41) is 2.79. The maximum absolute atomic E-state index is 12.5. The van der Waals surface area contributed by atoms with Gasteiger partial charge >= 0.3 is 6.09 Å². The van der Waals surface area contributed by atoms with Crippen LogP contribution in [0.15, 0.2) is 0 Å². The van der Waals surface area contributed by atoms with E-state index in [1.807, 2.05) is 0 Å². The monoisotopic (exact) mass is 346 g/mol. The predicted molar refractivity (Wildman–Crippen MR) is 85.7 cm³/mol. The van der Waals surface area contributed by atoms with Crippen LogP contribution in [0.25, 0.3) is 0 Å². The van der Waals surface area contributed by atoms with Gasteiger partial charge in [-0.15, -0.1) is 0 Å². The summed E-state index contributed by atoms with van der Waals surface area (Å²) in [6.07, 6.45) is 1.49. The number of likely N-dealkylation sites (tertiary alicyclic amines) is 1. The summed E-state index contributed by atoms with van der Waals surface area (Å²) in [5.41, 5.74) is -0.563. The van der Waals surface area contributed by atoms with E-state index in [4.69, 9.17) is 4.74 Å². The number of ether oxygens (including phenoxy) is 1. The van der Waals surface area contributed by atoms with Crippen LogP contribution in [0.1, 0.15) is 40.0 Å². The minimum absolute atomic E-state index is 0.0491. The molecule has 0 saturated carbocycles. The van der Waals surface area contributed by atoms with E-state index in [1.165, 1.54) is 0 Å². The standard InChI is InChI=1S/C15H26N2O5S/c1-15(2,3)22-14(19)16-12-5-4-7-17(9-12)13(18)11-6-8-23(20,21)10-11/h11-12H,4-10H2,1-3H3,(H,16,19)/t11-,12+/m1/s1. The van der Waals surface area contributed by atoms with Crippen molar-refractivity contribution >= 4 is 21.8 Å². The number of carbonyl (C=O) groups is 2. The van der Waals surface area contributed by atoms with E-state index in [1.54, 1.807) is 25.7 Å². The first kappa shape index (κ1) is 18.0. The molecule has 2 heterocycles. The molecule has 132 valence electrons. The number of nitrogens with one attached hydrogen (secondary N) is 1. The van der Waals surface area contributed by atoms with Crippen molar-refractivity contribution in [1.29, 1.82) is 0 Å². The molecular formula is C15H26N2O5S. The highest BCUT2D eigenvalue weighted by atomic mass is 32.2. The zero-order chi connectivity index (χ0) is 17.3. The van der Waals surface area contributed by atoms with E-state index in [2.05, 4.69) is 5.32 Å². The van der Waals surface area contributed by atoms with Gasteiger partial charge in [-0.3, -0.25) is 4.79 Å². The van der Waals surface area contributed by atoms with Gasteiger partial charge in [0.05, 0.1) is 17.4 Å². The Hall–Kier alpha value is -1.31. The van der Waals surface area contributed by atoms with Crippen LogP contribution < -0.4 is 5.32 Å². The molecule has 1 N–H and O–H groups in total. The largest absolute Gasteiger partial charge is 0.444 e. The fraction of sp³-hybridized carbons (Fsp3) is 0.867. The van der Waals surface area contributed by atoms with Crippen LogP contribution in [0.2, 0.25) is 0 Å². The molecule has 23 heavy (non-hydrogen) atoms. The molecule has 0 spiro atoms. The van der Waals surface area contributed by atoms with Gasteiger partial charge in [-0.2, -0.15) is 0 Å². The van der Waals surface area contributed by atoms with Gasteiger partial charge in [0.25, 0.3) is 0 Å². The molecule has 0 aliphatic carbocycles. The van der Waals surface area contributed by atoms with Crippen molar-refractivity contribution in [3.63, 3.8) is 0 Å². The summed E-state index contributed by atoms with van der Waals surface area (Å²) in [5.74, 6) is -0.495. The first-order valence-electron chi connectivity index (χ1n) is 8.04. The van der Waals surface area contributed by atoms with Gasteiger partial charge in [-0.1, -0.05) is 0 Å². The SMILES string of the molecule is CC(C)(C)OC(=O)N[C@H]1CCCN(C(=O)[C@@H]2CCS(=O)(=O)C2)C1. The van der Waals surface area contributed by atoms with Gasteiger partial charge in [0.1, 0.15) is 5.60 Å². The minimum atomic E-state index is -3.07. The van der Waals surface area contributed by atoms with E-state index < -0.39 is 27.4 Å². The normalized spacial score (nSPS) is 27.5. The fourth-order valence-corrected chi connectivity index (χ4v) is 4.75. The third kappa shape index (κ3) is 5.37. The van der Waals surface area contributed by atoms with Crippen LogP contribution in [-0.4, -0.2) is 61.6 Å². The summed E-state index contributed by atoms with van der Waals surface area (Å²) in [4.78, 5) is 26.0. The van der Waals surface area contributed by atoms with Crippen molar-refractivity contribution in [3.05, 3.63) is 0 Å². The summed E-state index contributed by atoms with van der Waals surface area (Å²) in [6.45, 7) is 6.41. The van der Waals surface area contributed by atoms with Gasteiger partial charge < -0.3 is 15.0 Å².